The quantitative estimate of drug-likeness (QED) is 0.223. The van der Waals surface area contributed by atoms with Crippen LogP contribution in [-0.2, 0) is 4.74 Å². The maximum atomic E-state index is 5.44. The molecule has 0 bridgehead atoms. The molecule has 22 heavy (non-hydrogen) atoms. The Morgan fingerprint density at radius 2 is 1.09 bits per heavy atom. The Hall–Kier alpha value is 0.440. The van der Waals surface area contributed by atoms with E-state index in [1.165, 1.54) is 96.3 Å². The van der Waals surface area contributed by atoms with Crippen molar-refractivity contribution in [2.24, 2.45) is 0 Å². The topological polar surface area (TPSA) is 9.23 Å². The van der Waals surface area contributed by atoms with Crippen molar-refractivity contribution in [2.45, 2.75) is 116 Å². The van der Waals surface area contributed by atoms with Crippen molar-refractivity contribution in [3.05, 3.63) is 0 Å². The number of halogens is 1. The summed E-state index contributed by atoms with van der Waals surface area (Å²) in [5.74, 6) is 0. The molecule has 0 radical (unpaired) electrons. The van der Waals surface area contributed by atoms with Gasteiger partial charge in [0.05, 0.1) is 6.10 Å². The lowest BCUT2D eigenvalue weighted by molar-refractivity contribution is -0.0555. The molecule has 0 aromatic heterocycles. The third-order valence-corrected chi connectivity index (χ3v) is 4.42. The molecule has 1 aliphatic heterocycles. The highest BCUT2D eigenvalue weighted by Gasteiger charge is 2.16. The molecule has 1 rings (SSSR count). The van der Waals surface area contributed by atoms with Crippen molar-refractivity contribution in [1.29, 1.82) is 0 Å². The van der Waals surface area contributed by atoms with Crippen molar-refractivity contribution < 1.29 is 4.74 Å². The highest BCUT2D eigenvalue weighted by molar-refractivity contribution is 9.09. The Bertz CT molecular complexity index is 192. The van der Waals surface area contributed by atoms with Gasteiger partial charge >= 0.3 is 0 Å². The van der Waals surface area contributed by atoms with Crippen LogP contribution in [0, 0.1) is 0 Å². The van der Waals surface area contributed by atoms with Crippen LogP contribution in [0.1, 0.15) is 110 Å². The van der Waals surface area contributed by atoms with Crippen LogP contribution in [0.4, 0.5) is 0 Å². The SMILES string of the molecule is CCBr.CCCCCCCCCCCCCCCC1CCO1. The maximum absolute atomic E-state index is 5.44. The molecule has 1 atom stereocenters. The van der Waals surface area contributed by atoms with Gasteiger partial charge in [0, 0.05) is 11.9 Å². The van der Waals surface area contributed by atoms with Gasteiger partial charge in [-0.1, -0.05) is 113 Å². The number of rotatable bonds is 14. The Kier molecular flexibility index (Phi) is 19.9. The van der Waals surface area contributed by atoms with Crippen molar-refractivity contribution >= 4 is 15.9 Å². The minimum Gasteiger partial charge on any atom is -0.378 e. The lowest BCUT2D eigenvalue weighted by Gasteiger charge is -2.26. The van der Waals surface area contributed by atoms with Crippen LogP contribution in [0.5, 0.6) is 0 Å². The zero-order chi connectivity index (χ0) is 16.3. The average molecular weight is 377 g/mol. The van der Waals surface area contributed by atoms with E-state index in [9.17, 15) is 0 Å². The van der Waals surface area contributed by atoms with E-state index in [1.807, 2.05) is 6.92 Å². The monoisotopic (exact) mass is 376 g/mol. The predicted molar refractivity (Wildman–Crippen MR) is 104 cm³/mol. The van der Waals surface area contributed by atoms with Gasteiger partial charge in [-0.25, -0.2) is 0 Å². The van der Waals surface area contributed by atoms with Gasteiger partial charge in [-0.2, -0.15) is 0 Å². The molecule has 1 nitrogen and oxygen atoms in total. The van der Waals surface area contributed by atoms with Crippen LogP contribution in [0.3, 0.4) is 0 Å². The Morgan fingerprint density at radius 3 is 1.41 bits per heavy atom. The molecule has 0 aliphatic carbocycles. The third-order valence-electron chi connectivity index (χ3n) is 4.42. The minimum absolute atomic E-state index is 0.632. The van der Waals surface area contributed by atoms with Crippen LogP contribution in [-0.4, -0.2) is 18.0 Å². The Balaban J connectivity index is 0.00000135. The van der Waals surface area contributed by atoms with Crippen LogP contribution < -0.4 is 0 Å². The van der Waals surface area contributed by atoms with E-state index in [4.69, 9.17) is 4.74 Å². The minimum atomic E-state index is 0.632. The molecule has 1 aliphatic rings. The summed E-state index contributed by atoms with van der Waals surface area (Å²) in [4.78, 5) is 0. The number of unbranched alkanes of at least 4 members (excludes halogenated alkanes) is 12. The molecular weight excluding hydrogens is 336 g/mol. The number of hydrogen-bond donors (Lipinski definition) is 0. The predicted octanol–water partition coefficient (Wildman–Crippen LogP) is 7.66. The first-order valence-corrected chi connectivity index (χ1v) is 11.1. The Labute approximate surface area is 149 Å². The molecule has 134 valence electrons. The normalized spacial score (nSPS) is 16.8. The largest absolute Gasteiger partial charge is 0.378 e. The molecule has 0 spiro atoms. The van der Waals surface area contributed by atoms with E-state index in [-0.39, 0.29) is 0 Å². The average Bonchev–Trinajstić information content (AvgIpc) is 2.46. The molecule has 1 saturated heterocycles. The summed E-state index contributed by atoms with van der Waals surface area (Å²) in [6.45, 7) is 5.35. The highest BCUT2D eigenvalue weighted by atomic mass is 79.9. The lowest BCUT2D eigenvalue weighted by Crippen LogP contribution is -2.26. The van der Waals surface area contributed by atoms with Crippen molar-refractivity contribution in [3.8, 4) is 0 Å². The molecule has 0 N–H and O–H groups in total. The van der Waals surface area contributed by atoms with Crippen LogP contribution in [0.25, 0.3) is 0 Å². The van der Waals surface area contributed by atoms with E-state index in [0.717, 1.165) is 11.9 Å². The molecule has 1 heterocycles. The summed E-state index contributed by atoms with van der Waals surface area (Å²) in [6.07, 6.45) is 22.1. The second kappa shape index (κ2) is 19.5. The van der Waals surface area contributed by atoms with Crippen LogP contribution >= 0.6 is 15.9 Å². The summed E-state index contributed by atoms with van der Waals surface area (Å²) >= 11 is 3.15. The zero-order valence-corrected chi connectivity index (χ0v) is 17.0. The Morgan fingerprint density at radius 1 is 0.727 bits per heavy atom. The van der Waals surface area contributed by atoms with Crippen molar-refractivity contribution in [3.63, 3.8) is 0 Å². The first kappa shape index (κ1) is 22.4. The second-order valence-electron chi connectivity index (χ2n) is 6.58. The van der Waals surface area contributed by atoms with Crippen LogP contribution in [0.2, 0.25) is 0 Å². The molecule has 1 unspecified atom stereocenters. The fourth-order valence-corrected chi connectivity index (χ4v) is 2.90. The fourth-order valence-electron chi connectivity index (χ4n) is 2.90. The zero-order valence-electron chi connectivity index (χ0n) is 15.4. The second-order valence-corrected chi connectivity index (χ2v) is 7.70. The van der Waals surface area contributed by atoms with Gasteiger partial charge < -0.3 is 4.74 Å². The fraction of sp³-hybridized carbons (Fsp3) is 1.00. The van der Waals surface area contributed by atoms with E-state index in [0.29, 0.717) is 6.10 Å². The van der Waals surface area contributed by atoms with Gasteiger partial charge in [0.2, 0.25) is 0 Å². The molecule has 0 amide bonds. The third kappa shape index (κ3) is 16.8. The number of hydrogen-bond acceptors (Lipinski definition) is 1. The molecular formula is C20H41BrO. The van der Waals surface area contributed by atoms with Gasteiger partial charge in [-0.3, -0.25) is 0 Å². The van der Waals surface area contributed by atoms with Crippen molar-refractivity contribution in [1.82, 2.24) is 0 Å². The number of alkyl halides is 1. The van der Waals surface area contributed by atoms with E-state index in [2.05, 4.69) is 22.9 Å². The summed E-state index contributed by atoms with van der Waals surface area (Å²) in [5, 5.41) is 1.06. The van der Waals surface area contributed by atoms with E-state index < -0.39 is 0 Å². The van der Waals surface area contributed by atoms with Gasteiger partial charge in [0.15, 0.2) is 0 Å². The first-order valence-electron chi connectivity index (χ1n) is 10.0. The molecule has 1 fully saturated rings. The standard InChI is InChI=1S/C18H36O.C2H5Br/c1-2-3-4-5-6-7-8-9-10-11-12-13-14-15-18-16-17-19-18;1-2-3/h18H,2-17H2,1H3;2H2,1H3. The molecule has 2 heteroatoms. The summed E-state index contributed by atoms with van der Waals surface area (Å²) in [5.41, 5.74) is 0. The smallest absolute Gasteiger partial charge is 0.0597 e. The maximum Gasteiger partial charge on any atom is 0.0597 e. The summed E-state index contributed by atoms with van der Waals surface area (Å²) in [6, 6.07) is 0. The van der Waals surface area contributed by atoms with Gasteiger partial charge in [-0.15, -0.1) is 0 Å². The van der Waals surface area contributed by atoms with Gasteiger partial charge in [0.25, 0.3) is 0 Å². The number of ether oxygens (including phenoxy) is 1. The lowest BCUT2D eigenvalue weighted by atomic mass is 10.0. The highest BCUT2D eigenvalue weighted by Crippen LogP contribution is 2.19. The first-order chi connectivity index (χ1) is 10.8. The van der Waals surface area contributed by atoms with E-state index >= 15 is 0 Å². The van der Waals surface area contributed by atoms with E-state index in [1.54, 1.807) is 0 Å². The summed E-state index contributed by atoms with van der Waals surface area (Å²) in [7, 11) is 0. The molecule has 0 aromatic rings. The summed E-state index contributed by atoms with van der Waals surface area (Å²) < 4.78 is 5.44. The van der Waals surface area contributed by atoms with Gasteiger partial charge in [0.1, 0.15) is 0 Å². The molecule has 0 aromatic carbocycles. The molecule has 0 saturated carbocycles. The van der Waals surface area contributed by atoms with Gasteiger partial charge in [-0.05, 0) is 12.8 Å². The van der Waals surface area contributed by atoms with Crippen molar-refractivity contribution in [2.75, 3.05) is 11.9 Å². The van der Waals surface area contributed by atoms with Crippen LogP contribution in [0.15, 0.2) is 0 Å².